The fraction of sp³-hybridized carbons (Fsp3) is 0. The van der Waals surface area contributed by atoms with Gasteiger partial charge in [0.2, 0.25) is 5.78 Å². The molecule has 0 saturated heterocycles. The average molecular weight is 532 g/mol. The molecule has 0 radical (unpaired) electrons. The lowest BCUT2D eigenvalue weighted by molar-refractivity contribution is 0.102. The summed E-state index contributed by atoms with van der Waals surface area (Å²) >= 11 is 24.2. The third-order valence-corrected chi connectivity index (χ3v) is 5.82. The summed E-state index contributed by atoms with van der Waals surface area (Å²) in [7, 11) is 0. The van der Waals surface area contributed by atoms with Crippen molar-refractivity contribution in [3.8, 4) is 0 Å². The summed E-state index contributed by atoms with van der Waals surface area (Å²) in [6.07, 6.45) is 4.38. The van der Waals surface area contributed by atoms with Crippen molar-refractivity contribution in [2.75, 3.05) is 5.32 Å². The summed E-state index contributed by atoms with van der Waals surface area (Å²) in [4.78, 5) is 29.7. The van der Waals surface area contributed by atoms with E-state index in [1.807, 2.05) is 0 Å². The number of hydrogen-bond acceptors (Lipinski definition) is 4. The molecule has 10 heteroatoms. The van der Waals surface area contributed by atoms with Crippen LogP contribution in [-0.4, -0.2) is 26.5 Å². The van der Waals surface area contributed by atoms with Crippen LogP contribution in [0, 0.1) is 0 Å². The number of nitrogens with zero attached hydrogens (tertiary/aromatic N) is 3. The highest BCUT2D eigenvalue weighted by molar-refractivity contribution is 6.40. The number of aromatic nitrogens is 3. The van der Waals surface area contributed by atoms with Crippen LogP contribution in [0.25, 0.3) is 11.8 Å². The number of ketones is 1. The molecule has 4 rings (SSSR count). The molecule has 0 fully saturated rings. The molecule has 1 heterocycles. The number of nitrogens with one attached hydrogen (secondary N) is 1. The lowest BCUT2D eigenvalue weighted by atomic mass is 10.1. The predicted molar refractivity (Wildman–Crippen MR) is 136 cm³/mol. The van der Waals surface area contributed by atoms with E-state index in [9.17, 15) is 9.59 Å². The van der Waals surface area contributed by atoms with Gasteiger partial charge >= 0.3 is 0 Å². The lowest BCUT2D eigenvalue weighted by Gasteiger charge is -2.10. The Hall–Kier alpha value is -3.16. The first kappa shape index (κ1) is 24.0. The van der Waals surface area contributed by atoms with Crippen LogP contribution in [0.1, 0.15) is 26.3 Å². The third kappa shape index (κ3) is 5.48. The van der Waals surface area contributed by atoms with E-state index < -0.39 is 0 Å². The average Bonchev–Trinajstić information content (AvgIpc) is 3.32. The van der Waals surface area contributed by atoms with Gasteiger partial charge in [0.1, 0.15) is 18.4 Å². The normalized spacial score (nSPS) is 11.4. The second kappa shape index (κ2) is 10.4. The monoisotopic (exact) mass is 530 g/mol. The molecule has 0 aliphatic carbocycles. The Morgan fingerprint density at radius 1 is 0.824 bits per heavy atom. The number of hydrogen-bond donors (Lipinski definition) is 1. The standard InChI is InChI=1S/C24H14Cl4N4O2/c25-15-3-7-18(20(27)10-15)23(33)22(32-13-29-12-30-32)9-14-1-5-17(6-2-14)31-24(34)19-8-4-16(26)11-21(19)28/h1-13H,(H,31,34)/b22-9-. The lowest BCUT2D eigenvalue weighted by Crippen LogP contribution is -2.12. The van der Waals surface area contributed by atoms with Crippen LogP contribution >= 0.6 is 46.4 Å². The molecule has 0 unspecified atom stereocenters. The zero-order chi connectivity index (χ0) is 24.2. The number of carbonyl (C=O) groups is 2. The number of anilines is 1. The molecular weight excluding hydrogens is 518 g/mol. The number of allylic oxidation sites excluding steroid dienone is 1. The highest BCUT2D eigenvalue weighted by Crippen LogP contribution is 2.26. The Kier molecular flexibility index (Phi) is 7.34. The number of amides is 1. The first-order valence-corrected chi connectivity index (χ1v) is 11.3. The van der Waals surface area contributed by atoms with E-state index >= 15 is 0 Å². The third-order valence-electron chi connectivity index (χ3n) is 4.72. The summed E-state index contributed by atoms with van der Waals surface area (Å²) in [6, 6.07) is 16.2. The maximum atomic E-state index is 13.2. The Balaban J connectivity index is 1.60. The highest BCUT2D eigenvalue weighted by Gasteiger charge is 2.19. The van der Waals surface area contributed by atoms with Gasteiger partial charge in [0.25, 0.3) is 5.91 Å². The minimum atomic E-state index is -0.374. The summed E-state index contributed by atoms with van der Waals surface area (Å²) in [5, 5.41) is 8.19. The van der Waals surface area contributed by atoms with E-state index in [-0.39, 0.29) is 33.0 Å². The molecule has 1 amide bonds. The fourth-order valence-corrected chi connectivity index (χ4v) is 4.06. The van der Waals surface area contributed by atoms with Crippen LogP contribution in [-0.2, 0) is 0 Å². The Bertz CT molecular complexity index is 1400. The smallest absolute Gasteiger partial charge is 0.257 e. The first-order valence-electron chi connectivity index (χ1n) is 9.75. The van der Waals surface area contributed by atoms with Gasteiger partial charge < -0.3 is 5.32 Å². The summed E-state index contributed by atoms with van der Waals surface area (Å²) in [5.41, 5.74) is 2.03. The second-order valence-corrected chi connectivity index (χ2v) is 8.71. The van der Waals surface area contributed by atoms with Crippen molar-refractivity contribution >= 4 is 75.6 Å². The van der Waals surface area contributed by atoms with Crippen LogP contribution in [0.3, 0.4) is 0 Å². The van der Waals surface area contributed by atoms with Gasteiger partial charge in [0, 0.05) is 21.3 Å². The van der Waals surface area contributed by atoms with E-state index in [2.05, 4.69) is 15.4 Å². The van der Waals surface area contributed by atoms with Gasteiger partial charge in [-0.3, -0.25) is 9.59 Å². The van der Waals surface area contributed by atoms with Crippen LogP contribution in [0.15, 0.2) is 73.3 Å². The molecule has 0 bridgehead atoms. The highest BCUT2D eigenvalue weighted by atomic mass is 35.5. The molecule has 0 aliphatic heterocycles. The summed E-state index contributed by atoms with van der Waals surface area (Å²) < 4.78 is 1.35. The van der Waals surface area contributed by atoms with Crippen LogP contribution < -0.4 is 5.32 Å². The number of rotatable bonds is 6. The zero-order valence-electron chi connectivity index (χ0n) is 17.2. The van der Waals surface area contributed by atoms with Crippen molar-refractivity contribution in [2.45, 2.75) is 0 Å². The topological polar surface area (TPSA) is 76.9 Å². The molecule has 0 saturated carbocycles. The van der Waals surface area contributed by atoms with Gasteiger partial charge in [-0.05, 0) is 60.2 Å². The van der Waals surface area contributed by atoms with Crippen LogP contribution in [0.5, 0.6) is 0 Å². The van der Waals surface area contributed by atoms with Gasteiger partial charge in [-0.15, -0.1) is 0 Å². The number of benzene rings is 3. The van der Waals surface area contributed by atoms with Crippen LogP contribution in [0.4, 0.5) is 5.69 Å². The van der Waals surface area contributed by atoms with Gasteiger partial charge in [-0.25, -0.2) is 9.67 Å². The number of halogens is 4. The van der Waals surface area contributed by atoms with Crippen molar-refractivity contribution in [2.24, 2.45) is 0 Å². The molecule has 1 N–H and O–H groups in total. The molecular formula is C24H14Cl4N4O2. The van der Waals surface area contributed by atoms with Crippen molar-refractivity contribution in [3.05, 3.63) is 110 Å². The summed E-state index contributed by atoms with van der Waals surface area (Å²) in [6.45, 7) is 0. The zero-order valence-corrected chi connectivity index (χ0v) is 20.2. The van der Waals surface area contributed by atoms with E-state index in [1.54, 1.807) is 54.6 Å². The van der Waals surface area contributed by atoms with E-state index in [0.717, 1.165) is 0 Å². The maximum absolute atomic E-state index is 13.2. The maximum Gasteiger partial charge on any atom is 0.257 e. The molecule has 6 nitrogen and oxygen atoms in total. The number of carbonyl (C=O) groups excluding carboxylic acids is 2. The SMILES string of the molecule is O=C(Nc1ccc(/C=C(/C(=O)c2ccc(Cl)cc2Cl)n2cncn2)cc1)c1ccc(Cl)cc1Cl. The minimum Gasteiger partial charge on any atom is -0.322 e. The molecule has 4 aromatic rings. The van der Waals surface area contributed by atoms with Crippen molar-refractivity contribution < 1.29 is 9.59 Å². The number of Topliss-reactive ketones (excluding diaryl/α,β-unsaturated/α-hetero) is 1. The van der Waals surface area contributed by atoms with Gasteiger partial charge in [-0.2, -0.15) is 5.10 Å². The molecule has 1 aromatic heterocycles. The summed E-state index contributed by atoms with van der Waals surface area (Å²) in [5.74, 6) is -0.734. The van der Waals surface area contributed by atoms with E-state index in [0.29, 0.717) is 26.9 Å². The van der Waals surface area contributed by atoms with Gasteiger partial charge in [-0.1, -0.05) is 58.5 Å². The molecule has 0 aliphatic rings. The van der Waals surface area contributed by atoms with Crippen molar-refractivity contribution in [1.29, 1.82) is 0 Å². The van der Waals surface area contributed by atoms with Crippen LogP contribution in [0.2, 0.25) is 20.1 Å². The van der Waals surface area contributed by atoms with Gasteiger partial charge in [0.15, 0.2) is 0 Å². The first-order chi connectivity index (χ1) is 16.3. The quantitative estimate of drug-likeness (QED) is 0.214. The van der Waals surface area contributed by atoms with Crippen molar-refractivity contribution in [3.63, 3.8) is 0 Å². The molecule has 0 atom stereocenters. The molecule has 0 spiro atoms. The Labute approximate surface area is 214 Å². The van der Waals surface area contributed by atoms with Crippen molar-refractivity contribution in [1.82, 2.24) is 14.8 Å². The van der Waals surface area contributed by atoms with Gasteiger partial charge in [0.05, 0.1) is 15.6 Å². The minimum absolute atomic E-state index is 0.224. The molecule has 3 aromatic carbocycles. The van der Waals surface area contributed by atoms with E-state index in [1.165, 1.54) is 29.5 Å². The molecule has 170 valence electrons. The largest absolute Gasteiger partial charge is 0.322 e. The Morgan fingerprint density at radius 2 is 1.44 bits per heavy atom. The van der Waals surface area contributed by atoms with E-state index in [4.69, 9.17) is 46.4 Å². The molecule has 34 heavy (non-hydrogen) atoms. The second-order valence-electron chi connectivity index (χ2n) is 7.02. The predicted octanol–water partition coefficient (Wildman–Crippen LogP) is 7.03. The Morgan fingerprint density at radius 3 is 2.00 bits per heavy atom. The fourth-order valence-electron chi connectivity index (χ4n) is 3.07.